The number of hydrazone groups is 1. The number of halogens is 2. The zero-order valence-electron chi connectivity index (χ0n) is 13.2. The van der Waals surface area contributed by atoms with Crippen molar-refractivity contribution in [1.29, 1.82) is 0 Å². The van der Waals surface area contributed by atoms with Gasteiger partial charge in [-0.1, -0.05) is 11.6 Å². The Morgan fingerprint density at radius 2 is 1.96 bits per heavy atom. The summed E-state index contributed by atoms with van der Waals surface area (Å²) in [5, 5.41) is 7.16. The quantitative estimate of drug-likeness (QED) is 0.535. The van der Waals surface area contributed by atoms with E-state index in [1.807, 2.05) is 32.0 Å². The van der Waals surface area contributed by atoms with Crippen LogP contribution in [0.5, 0.6) is 5.75 Å². The van der Waals surface area contributed by atoms with Gasteiger partial charge < -0.3 is 10.1 Å². The van der Waals surface area contributed by atoms with Gasteiger partial charge in [0.15, 0.2) is 0 Å². The Balaban J connectivity index is 1.90. The standard InChI is InChI=1S/C17H17BrClN3O2/c1-11(2)24-16-8-3-12(9-15(16)18)10-20-22-17(23)21-14-6-4-13(19)5-7-14/h3-11H,1-2H3,(H2,21,22,23)/b20-10-. The Labute approximate surface area is 154 Å². The molecule has 0 radical (unpaired) electrons. The number of hydrogen-bond donors (Lipinski definition) is 2. The number of carbonyl (C=O) groups excluding carboxylic acids is 1. The molecule has 0 saturated heterocycles. The Bertz CT molecular complexity index is 733. The first-order chi connectivity index (χ1) is 11.4. The molecule has 5 nitrogen and oxygen atoms in total. The predicted molar refractivity (Wildman–Crippen MR) is 101 cm³/mol. The van der Waals surface area contributed by atoms with Crippen molar-refractivity contribution in [2.24, 2.45) is 5.10 Å². The maximum absolute atomic E-state index is 11.7. The van der Waals surface area contributed by atoms with Gasteiger partial charge in [0.25, 0.3) is 0 Å². The summed E-state index contributed by atoms with van der Waals surface area (Å²) in [5.41, 5.74) is 3.85. The van der Waals surface area contributed by atoms with Crippen molar-refractivity contribution in [3.05, 3.63) is 57.5 Å². The van der Waals surface area contributed by atoms with Gasteiger partial charge in [-0.3, -0.25) is 0 Å². The van der Waals surface area contributed by atoms with Crippen LogP contribution in [0.15, 0.2) is 52.0 Å². The normalized spacial score (nSPS) is 10.9. The average molecular weight is 411 g/mol. The molecule has 0 aliphatic carbocycles. The van der Waals surface area contributed by atoms with E-state index >= 15 is 0 Å². The van der Waals surface area contributed by atoms with E-state index in [-0.39, 0.29) is 6.10 Å². The molecule has 0 aromatic heterocycles. The van der Waals surface area contributed by atoms with E-state index in [1.54, 1.807) is 30.5 Å². The van der Waals surface area contributed by atoms with Crippen LogP contribution in [0.1, 0.15) is 19.4 Å². The van der Waals surface area contributed by atoms with Crippen LogP contribution in [0.4, 0.5) is 10.5 Å². The molecule has 0 atom stereocenters. The highest BCUT2D eigenvalue weighted by Crippen LogP contribution is 2.26. The second kappa shape index (κ2) is 8.70. The number of urea groups is 1. The van der Waals surface area contributed by atoms with E-state index in [1.165, 1.54) is 0 Å². The van der Waals surface area contributed by atoms with Crippen LogP contribution in [-0.2, 0) is 0 Å². The molecule has 2 amide bonds. The van der Waals surface area contributed by atoms with E-state index in [4.69, 9.17) is 16.3 Å². The van der Waals surface area contributed by atoms with Crippen LogP contribution < -0.4 is 15.5 Å². The SMILES string of the molecule is CC(C)Oc1ccc(/C=N\NC(=O)Nc2ccc(Cl)cc2)cc1Br. The summed E-state index contributed by atoms with van der Waals surface area (Å²) in [4.78, 5) is 11.7. The smallest absolute Gasteiger partial charge is 0.339 e. The molecule has 0 aliphatic rings. The van der Waals surface area contributed by atoms with Gasteiger partial charge in [0.1, 0.15) is 5.75 Å². The molecule has 126 valence electrons. The molecule has 0 unspecified atom stereocenters. The van der Waals surface area contributed by atoms with E-state index in [0.29, 0.717) is 10.7 Å². The third-order valence-electron chi connectivity index (χ3n) is 2.80. The molecule has 0 spiro atoms. The highest BCUT2D eigenvalue weighted by molar-refractivity contribution is 9.10. The largest absolute Gasteiger partial charge is 0.490 e. The number of hydrogen-bond acceptors (Lipinski definition) is 3. The van der Waals surface area contributed by atoms with E-state index in [9.17, 15) is 4.79 Å². The summed E-state index contributed by atoms with van der Waals surface area (Å²) < 4.78 is 6.46. The second-order valence-corrected chi connectivity index (χ2v) is 6.48. The highest BCUT2D eigenvalue weighted by atomic mass is 79.9. The summed E-state index contributed by atoms with van der Waals surface area (Å²) in [7, 11) is 0. The summed E-state index contributed by atoms with van der Waals surface area (Å²) in [6.45, 7) is 3.93. The van der Waals surface area contributed by atoms with Gasteiger partial charge >= 0.3 is 6.03 Å². The summed E-state index contributed by atoms with van der Waals surface area (Å²) in [5.74, 6) is 0.760. The highest BCUT2D eigenvalue weighted by Gasteiger charge is 2.04. The number of carbonyl (C=O) groups is 1. The zero-order chi connectivity index (χ0) is 17.5. The molecule has 24 heavy (non-hydrogen) atoms. The van der Waals surface area contributed by atoms with E-state index in [0.717, 1.165) is 15.8 Å². The third kappa shape index (κ3) is 5.86. The van der Waals surface area contributed by atoms with Crippen LogP contribution in [0.2, 0.25) is 5.02 Å². The fourth-order valence-corrected chi connectivity index (χ4v) is 2.42. The van der Waals surface area contributed by atoms with Crippen LogP contribution in [0.25, 0.3) is 0 Å². The van der Waals surface area contributed by atoms with Crippen LogP contribution in [0.3, 0.4) is 0 Å². The van der Waals surface area contributed by atoms with Crippen molar-refractivity contribution in [1.82, 2.24) is 5.43 Å². The van der Waals surface area contributed by atoms with Crippen LogP contribution >= 0.6 is 27.5 Å². The molecule has 0 heterocycles. The lowest BCUT2D eigenvalue weighted by Crippen LogP contribution is -2.24. The molecule has 2 rings (SSSR count). The van der Waals surface area contributed by atoms with Crippen molar-refractivity contribution < 1.29 is 9.53 Å². The van der Waals surface area contributed by atoms with Gasteiger partial charge in [0.05, 0.1) is 16.8 Å². The average Bonchev–Trinajstić information content (AvgIpc) is 2.52. The summed E-state index contributed by atoms with van der Waals surface area (Å²) >= 11 is 9.24. The Kier molecular flexibility index (Phi) is 6.63. The van der Waals surface area contributed by atoms with Crippen molar-refractivity contribution in [2.75, 3.05) is 5.32 Å². The molecular weight excluding hydrogens is 394 g/mol. The number of benzene rings is 2. The van der Waals surface area contributed by atoms with Gasteiger partial charge in [0, 0.05) is 10.7 Å². The Hall–Kier alpha value is -2.05. The van der Waals surface area contributed by atoms with Crippen LogP contribution in [-0.4, -0.2) is 18.3 Å². The number of rotatable bonds is 5. The molecular formula is C17H17BrClN3O2. The molecule has 2 aromatic rings. The topological polar surface area (TPSA) is 62.7 Å². The second-order valence-electron chi connectivity index (χ2n) is 5.19. The zero-order valence-corrected chi connectivity index (χ0v) is 15.6. The Morgan fingerprint density at radius 1 is 1.25 bits per heavy atom. The third-order valence-corrected chi connectivity index (χ3v) is 3.67. The molecule has 0 bridgehead atoms. The van der Waals surface area contributed by atoms with Gasteiger partial charge in [-0.15, -0.1) is 0 Å². The predicted octanol–water partition coefficient (Wildman–Crippen LogP) is 5.05. The molecule has 0 fully saturated rings. The first-order valence-electron chi connectivity index (χ1n) is 7.26. The van der Waals surface area contributed by atoms with E-state index < -0.39 is 6.03 Å². The van der Waals surface area contributed by atoms with Crippen molar-refractivity contribution >= 4 is 45.5 Å². The monoisotopic (exact) mass is 409 g/mol. The van der Waals surface area contributed by atoms with Gasteiger partial charge in [-0.25, -0.2) is 10.2 Å². The minimum atomic E-state index is -0.438. The molecule has 2 N–H and O–H groups in total. The first kappa shape index (κ1) is 18.3. The van der Waals surface area contributed by atoms with Crippen molar-refractivity contribution in [3.63, 3.8) is 0 Å². The van der Waals surface area contributed by atoms with Crippen LogP contribution in [0, 0.1) is 0 Å². The summed E-state index contributed by atoms with van der Waals surface area (Å²) in [6.07, 6.45) is 1.64. The number of nitrogens with one attached hydrogen (secondary N) is 2. The van der Waals surface area contributed by atoms with Gasteiger partial charge in [-0.05, 0) is 77.8 Å². The lowest BCUT2D eigenvalue weighted by Gasteiger charge is -2.11. The van der Waals surface area contributed by atoms with Gasteiger partial charge in [0.2, 0.25) is 0 Å². The summed E-state index contributed by atoms with van der Waals surface area (Å²) in [6, 6.07) is 11.9. The maximum atomic E-state index is 11.7. The lowest BCUT2D eigenvalue weighted by atomic mass is 10.2. The van der Waals surface area contributed by atoms with Crippen molar-refractivity contribution in [2.45, 2.75) is 20.0 Å². The molecule has 0 aliphatic heterocycles. The Morgan fingerprint density at radius 3 is 2.58 bits per heavy atom. The fourth-order valence-electron chi connectivity index (χ4n) is 1.80. The maximum Gasteiger partial charge on any atom is 0.339 e. The number of amides is 2. The van der Waals surface area contributed by atoms with E-state index in [2.05, 4.69) is 31.8 Å². The first-order valence-corrected chi connectivity index (χ1v) is 8.43. The molecule has 0 saturated carbocycles. The minimum Gasteiger partial charge on any atom is -0.490 e. The number of ether oxygens (including phenoxy) is 1. The van der Waals surface area contributed by atoms with Gasteiger partial charge in [-0.2, -0.15) is 5.10 Å². The fraction of sp³-hybridized carbons (Fsp3) is 0.176. The lowest BCUT2D eigenvalue weighted by molar-refractivity contribution is 0.241. The number of anilines is 1. The molecule has 2 aromatic carbocycles. The van der Waals surface area contributed by atoms with Crippen molar-refractivity contribution in [3.8, 4) is 5.75 Å². The molecule has 7 heteroatoms. The minimum absolute atomic E-state index is 0.0963. The number of nitrogens with zero attached hydrogens (tertiary/aromatic N) is 1.